The summed E-state index contributed by atoms with van der Waals surface area (Å²) in [5.41, 5.74) is 1.22. The lowest BCUT2D eigenvalue weighted by Crippen LogP contribution is -2.28. The fourth-order valence-electron chi connectivity index (χ4n) is 1.52. The molecule has 1 rings (SSSR count). The van der Waals surface area contributed by atoms with Crippen LogP contribution in [0.3, 0.4) is 0 Å². The topological polar surface area (TPSA) is 9.23 Å². The van der Waals surface area contributed by atoms with E-state index in [1.807, 2.05) is 0 Å². The van der Waals surface area contributed by atoms with E-state index in [4.69, 9.17) is 4.74 Å². The van der Waals surface area contributed by atoms with Crippen LogP contribution in [0.15, 0.2) is 24.3 Å². The maximum absolute atomic E-state index is 5.39. The Kier molecular flexibility index (Phi) is 2.73. The van der Waals surface area contributed by atoms with Crippen LogP contribution >= 0.6 is 0 Å². The predicted molar refractivity (Wildman–Crippen MR) is 52.1 cm³/mol. The molecule has 0 aromatic carbocycles. The van der Waals surface area contributed by atoms with E-state index in [0.29, 0.717) is 5.92 Å². The molecule has 0 saturated carbocycles. The van der Waals surface area contributed by atoms with Crippen LogP contribution in [-0.4, -0.2) is 12.7 Å². The average Bonchev–Trinajstić information content (AvgIpc) is 2.05. The van der Waals surface area contributed by atoms with Gasteiger partial charge < -0.3 is 4.74 Å². The molecule has 0 heterocycles. The number of hydrogen-bond acceptors (Lipinski definition) is 1. The number of allylic oxidation sites excluding steroid dienone is 2. The van der Waals surface area contributed by atoms with Crippen molar-refractivity contribution in [3.63, 3.8) is 0 Å². The van der Waals surface area contributed by atoms with Crippen LogP contribution in [0, 0.1) is 5.92 Å². The van der Waals surface area contributed by atoms with Gasteiger partial charge in [0.2, 0.25) is 0 Å². The monoisotopic (exact) mass is 166 g/mol. The molecule has 0 aliphatic heterocycles. The summed E-state index contributed by atoms with van der Waals surface area (Å²) in [6.45, 7) is 8.17. The fraction of sp³-hybridized carbons (Fsp3) is 0.636. The third kappa shape index (κ3) is 1.98. The van der Waals surface area contributed by atoms with Crippen molar-refractivity contribution in [1.82, 2.24) is 0 Å². The number of methoxy groups -OCH3 is 1. The lowest BCUT2D eigenvalue weighted by Gasteiger charge is -2.31. The molecule has 1 heteroatoms. The minimum atomic E-state index is -0.0358. The zero-order valence-electron chi connectivity index (χ0n) is 8.26. The third-order valence-electron chi connectivity index (χ3n) is 2.73. The van der Waals surface area contributed by atoms with Crippen LogP contribution in [0.4, 0.5) is 0 Å². The lowest BCUT2D eigenvalue weighted by atomic mass is 9.83. The molecule has 0 saturated heterocycles. The molecule has 0 N–H and O–H groups in total. The first kappa shape index (κ1) is 9.53. The van der Waals surface area contributed by atoms with E-state index >= 15 is 0 Å². The standard InChI is InChI=1S/C11H18O/c1-9(2)10-5-7-11(3,12-4)8-6-10/h5,7,10H,1,6,8H2,2-4H3/t10-,11+/m0/s1. The summed E-state index contributed by atoms with van der Waals surface area (Å²) in [5.74, 6) is 0.563. The van der Waals surface area contributed by atoms with Crippen molar-refractivity contribution in [2.24, 2.45) is 5.92 Å². The van der Waals surface area contributed by atoms with Gasteiger partial charge in [-0.3, -0.25) is 0 Å². The molecular weight excluding hydrogens is 148 g/mol. The summed E-state index contributed by atoms with van der Waals surface area (Å²) in [4.78, 5) is 0. The summed E-state index contributed by atoms with van der Waals surface area (Å²) in [7, 11) is 1.77. The van der Waals surface area contributed by atoms with Crippen molar-refractivity contribution >= 4 is 0 Å². The van der Waals surface area contributed by atoms with Crippen LogP contribution in [0.25, 0.3) is 0 Å². The quantitative estimate of drug-likeness (QED) is 0.573. The molecule has 12 heavy (non-hydrogen) atoms. The minimum absolute atomic E-state index is 0.0358. The van der Waals surface area contributed by atoms with Crippen molar-refractivity contribution in [2.45, 2.75) is 32.3 Å². The second-order valence-electron chi connectivity index (χ2n) is 3.87. The normalized spacial score (nSPS) is 35.1. The van der Waals surface area contributed by atoms with Crippen molar-refractivity contribution in [2.75, 3.05) is 7.11 Å². The Morgan fingerprint density at radius 2 is 2.33 bits per heavy atom. The largest absolute Gasteiger partial charge is 0.374 e. The SMILES string of the molecule is C=C(C)[C@H]1C=C[C@@](C)(OC)CC1. The van der Waals surface area contributed by atoms with E-state index in [-0.39, 0.29) is 5.60 Å². The first-order valence-electron chi connectivity index (χ1n) is 4.47. The predicted octanol–water partition coefficient (Wildman–Crippen LogP) is 2.93. The Labute approximate surface area is 75.1 Å². The highest BCUT2D eigenvalue weighted by Gasteiger charge is 2.25. The summed E-state index contributed by atoms with van der Waals surface area (Å²) >= 11 is 0. The first-order valence-corrected chi connectivity index (χ1v) is 4.47. The van der Waals surface area contributed by atoms with Gasteiger partial charge in [-0.1, -0.05) is 24.3 Å². The van der Waals surface area contributed by atoms with E-state index in [1.165, 1.54) is 5.57 Å². The molecule has 0 fully saturated rings. The Balaban J connectivity index is 2.64. The summed E-state index contributed by atoms with van der Waals surface area (Å²) in [6, 6.07) is 0. The van der Waals surface area contributed by atoms with Gasteiger partial charge in [-0.05, 0) is 32.6 Å². The minimum Gasteiger partial charge on any atom is -0.374 e. The van der Waals surface area contributed by atoms with Crippen LogP contribution in [0.5, 0.6) is 0 Å². The van der Waals surface area contributed by atoms with E-state index in [0.717, 1.165) is 12.8 Å². The Morgan fingerprint density at radius 1 is 1.67 bits per heavy atom. The Morgan fingerprint density at radius 3 is 2.67 bits per heavy atom. The Bertz CT molecular complexity index is 205. The summed E-state index contributed by atoms with van der Waals surface area (Å²) in [5, 5.41) is 0. The maximum atomic E-state index is 5.39. The number of ether oxygens (including phenoxy) is 1. The second-order valence-corrected chi connectivity index (χ2v) is 3.87. The third-order valence-corrected chi connectivity index (χ3v) is 2.73. The van der Waals surface area contributed by atoms with E-state index in [2.05, 4.69) is 32.6 Å². The number of hydrogen-bond donors (Lipinski definition) is 0. The van der Waals surface area contributed by atoms with E-state index in [1.54, 1.807) is 7.11 Å². The second kappa shape index (κ2) is 3.44. The van der Waals surface area contributed by atoms with Crippen LogP contribution in [-0.2, 0) is 4.74 Å². The summed E-state index contributed by atoms with van der Waals surface area (Å²) < 4.78 is 5.39. The van der Waals surface area contributed by atoms with Gasteiger partial charge in [-0.2, -0.15) is 0 Å². The molecule has 0 bridgehead atoms. The highest BCUT2D eigenvalue weighted by molar-refractivity contribution is 5.15. The molecule has 0 aromatic rings. The number of rotatable bonds is 2. The van der Waals surface area contributed by atoms with Gasteiger partial charge in [-0.15, -0.1) is 0 Å². The molecule has 0 radical (unpaired) electrons. The Hall–Kier alpha value is -0.560. The molecule has 0 amide bonds. The molecule has 0 spiro atoms. The molecule has 1 aliphatic carbocycles. The van der Waals surface area contributed by atoms with Gasteiger partial charge in [0.1, 0.15) is 0 Å². The van der Waals surface area contributed by atoms with Gasteiger partial charge in [0.15, 0.2) is 0 Å². The maximum Gasteiger partial charge on any atom is 0.0831 e. The van der Waals surface area contributed by atoms with Gasteiger partial charge in [-0.25, -0.2) is 0 Å². The first-order chi connectivity index (χ1) is 5.57. The molecule has 0 aromatic heterocycles. The van der Waals surface area contributed by atoms with Crippen LogP contribution in [0.1, 0.15) is 26.7 Å². The molecule has 0 unspecified atom stereocenters. The molecule has 1 aliphatic rings. The highest BCUT2D eigenvalue weighted by atomic mass is 16.5. The van der Waals surface area contributed by atoms with Crippen LogP contribution in [0.2, 0.25) is 0 Å². The zero-order chi connectivity index (χ0) is 9.19. The average molecular weight is 166 g/mol. The van der Waals surface area contributed by atoms with Crippen molar-refractivity contribution < 1.29 is 4.74 Å². The van der Waals surface area contributed by atoms with Gasteiger partial charge >= 0.3 is 0 Å². The highest BCUT2D eigenvalue weighted by Crippen LogP contribution is 2.30. The molecule has 1 nitrogen and oxygen atoms in total. The molecular formula is C11H18O. The van der Waals surface area contributed by atoms with E-state index in [9.17, 15) is 0 Å². The van der Waals surface area contributed by atoms with Crippen molar-refractivity contribution in [3.05, 3.63) is 24.3 Å². The van der Waals surface area contributed by atoms with Gasteiger partial charge in [0.05, 0.1) is 5.60 Å². The lowest BCUT2D eigenvalue weighted by molar-refractivity contribution is 0.0331. The zero-order valence-corrected chi connectivity index (χ0v) is 8.26. The fourth-order valence-corrected chi connectivity index (χ4v) is 1.52. The van der Waals surface area contributed by atoms with Gasteiger partial charge in [0.25, 0.3) is 0 Å². The van der Waals surface area contributed by atoms with Gasteiger partial charge in [0, 0.05) is 7.11 Å². The van der Waals surface area contributed by atoms with Crippen molar-refractivity contribution in [3.8, 4) is 0 Å². The smallest absolute Gasteiger partial charge is 0.0831 e. The van der Waals surface area contributed by atoms with Crippen molar-refractivity contribution in [1.29, 1.82) is 0 Å². The van der Waals surface area contributed by atoms with E-state index < -0.39 is 0 Å². The molecule has 68 valence electrons. The molecule has 2 atom stereocenters. The van der Waals surface area contributed by atoms with Crippen LogP contribution < -0.4 is 0 Å². The summed E-state index contributed by atoms with van der Waals surface area (Å²) in [6.07, 6.45) is 6.64.